The SMILES string of the molecule is COc1ccc(Cc2nnc(S[C@@H](C)C(=O)Nc3ccccc3-c3ccccc3)o2)cc1. The Morgan fingerprint density at radius 2 is 1.72 bits per heavy atom. The molecule has 0 saturated heterocycles. The summed E-state index contributed by atoms with van der Waals surface area (Å²) in [5, 5.41) is 11.2. The van der Waals surface area contributed by atoms with Gasteiger partial charge in [0.15, 0.2) is 0 Å². The van der Waals surface area contributed by atoms with E-state index in [0.717, 1.165) is 28.1 Å². The van der Waals surface area contributed by atoms with Crippen LogP contribution in [0.25, 0.3) is 11.1 Å². The molecule has 0 radical (unpaired) electrons. The highest BCUT2D eigenvalue weighted by atomic mass is 32.2. The molecule has 4 rings (SSSR count). The number of methoxy groups -OCH3 is 1. The van der Waals surface area contributed by atoms with Gasteiger partial charge in [0, 0.05) is 11.3 Å². The summed E-state index contributed by atoms with van der Waals surface area (Å²) in [7, 11) is 1.63. The minimum Gasteiger partial charge on any atom is -0.497 e. The summed E-state index contributed by atoms with van der Waals surface area (Å²) >= 11 is 1.24. The number of rotatable bonds is 8. The molecule has 1 amide bonds. The zero-order chi connectivity index (χ0) is 22.3. The van der Waals surface area contributed by atoms with Crippen LogP contribution in [0.15, 0.2) is 88.5 Å². The van der Waals surface area contributed by atoms with Crippen molar-refractivity contribution in [2.24, 2.45) is 0 Å². The molecule has 1 atom stereocenters. The number of carbonyl (C=O) groups is 1. The van der Waals surface area contributed by atoms with E-state index in [1.807, 2.05) is 85.8 Å². The second kappa shape index (κ2) is 10.2. The van der Waals surface area contributed by atoms with Gasteiger partial charge in [0.1, 0.15) is 5.75 Å². The van der Waals surface area contributed by atoms with E-state index in [1.165, 1.54) is 11.8 Å². The summed E-state index contributed by atoms with van der Waals surface area (Å²) in [6.45, 7) is 1.82. The van der Waals surface area contributed by atoms with Gasteiger partial charge in [-0.15, -0.1) is 10.2 Å². The van der Waals surface area contributed by atoms with E-state index in [2.05, 4.69) is 15.5 Å². The molecule has 0 aliphatic heterocycles. The number of nitrogens with one attached hydrogen (secondary N) is 1. The minimum atomic E-state index is -0.409. The molecule has 0 saturated carbocycles. The van der Waals surface area contributed by atoms with Crippen LogP contribution in [0.4, 0.5) is 5.69 Å². The zero-order valence-electron chi connectivity index (χ0n) is 17.8. The van der Waals surface area contributed by atoms with Crippen molar-refractivity contribution in [3.8, 4) is 16.9 Å². The first kappa shape index (κ1) is 21.6. The highest BCUT2D eigenvalue weighted by Gasteiger charge is 2.19. The summed E-state index contributed by atoms with van der Waals surface area (Å²) in [6.07, 6.45) is 0.516. The van der Waals surface area contributed by atoms with Gasteiger partial charge in [0.2, 0.25) is 11.8 Å². The summed E-state index contributed by atoms with van der Waals surface area (Å²) in [5.74, 6) is 1.16. The van der Waals surface area contributed by atoms with Gasteiger partial charge >= 0.3 is 0 Å². The average Bonchev–Trinajstić information content (AvgIpc) is 3.27. The fraction of sp³-hybridized carbons (Fsp3) is 0.160. The standard InChI is InChI=1S/C25H23N3O3S/c1-17(24(29)26-22-11-7-6-10-21(22)19-8-4-3-5-9-19)32-25-28-27-23(31-25)16-18-12-14-20(30-2)15-13-18/h3-15,17H,16H2,1-2H3,(H,26,29)/t17-/m0/s1. The van der Waals surface area contributed by atoms with Crippen LogP contribution < -0.4 is 10.1 Å². The molecule has 0 aliphatic carbocycles. The Morgan fingerprint density at radius 1 is 1.00 bits per heavy atom. The third-order valence-electron chi connectivity index (χ3n) is 4.88. The summed E-state index contributed by atoms with van der Waals surface area (Å²) in [5.41, 5.74) is 3.82. The van der Waals surface area contributed by atoms with Crippen molar-refractivity contribution in [2.75, 3.05) is 12.4 Å². The zero-order valence-corrected chi connectivity index (χ0v) is 18.6. The van der Waals surface area contributed by atoms with Gasteiger partial charge in [-0.05, 0) is 36.2 Å². The van der Waals surface area contributed by atoms with E-state index in [0.29, 0.717) is 17.5 Å². The lowest BCUT2D eigenvalue weighted by molar-refractivity contribution is -0.115. The van der Waals surface area contributed by atoms with Crippen LogP contribution in [-0.2, 0) is 11.2 Å². The number of aromatic nitrogens is 2. The van der Waals surface area contributed by atoms with E-state index in [-0.39, 0.29) is 5.91 Å². The number of ether oxygens (including phenoxy) is 1. The number of hydrogen-bond acceptors (Lipinski definition) is 6. The van der Waals surface area contributed by atoms with Crippen molar-refractivity contribution >= 4 is 23.4 Å². The second-order valence-corrected chi connectivity index (χ2v) is 8.44. The quantitative estimate of drug-likeness (QED) is 0.363. The van der Waals surface area contributed by atoms with E-state index in [1.54, 1.807) is 7.11 Å². The first-order chi connectivity index (χ1) is 15.6. The van der Waals surface area contributed by atoms with E-state index >= 15 is 0 Å². The molecule has 32 heavy (non-hydrogen) atoms. The van der Waals surface area contributed by atoms with Crippen molar-refractivity contribution in [2.45, 2.75) is 23.8 Å². The lowest BCUT2D eigenvalue weighted by Crippen LogP contribution is -2.22. The number of amides is 1. The average molecular weight is 446 g/mol. The Labute approximate surface area is 191 Å². The predicted octanol–water partition coefficient (Wildman–Crippen LogP) is 5.46. The van der Waals surface area contributed by atoms with E-state index in [4.69, 9.17) is 9.15 Å². The fourth-order valence-corrected chi connectivity index (χ4v) is 3.88. The van der Waals surface area contributed by atoms with Gasteiger partial charge in [-0.2, -0.15) is 0 Å². The maximum atomic E-state index is 12.8. The molecule has 4 aromatic rings. The van der Waals surface area contributed by atoms with Crippen molar-refractivity contribution in [1.82, 2.24) is 10.2 Å². The molecule has 1 aromatic heterocycles. The number of carbonyl (C=O) groups excluding carboxylic acids is 1. The molecular formula is C25H23N3O3S. The first-order valence-corrected chi connectivity index (χ1v) is 11.1. The van der Waals surface area contributed by atoms with Crippen LogP contribution in [0.1, 0.15) is 18.4 Å². The van der Waals surface area contributed by atoms with Crippen molar-refractivity contribution in [3.05, 3.63) is 90.3 Å². The number of nitrogens with zero attached hydrogens (tertiary/aromatic N) is 2. The minimum absolute atomic E-state index is 0.131. The molecule has 162 valence electrons. The van der Waals surface area contributed by atoms with Gasteiger partial charge in [-0.25, -0.2) is 0 Å². The first-order valence-electron chi connectivity index (χ1n) is 10.2. The van der Waals surface area contributed by atoms with Gasteiger partial charge in [-0.3, -0.25) is 4.79 Å². The van der Waals surface area contributed by atoms with Crippen LogP contribution in [0, 0.1) is 0 Å². The molecule has 0 unspecified atom stereocenters. The predicted molar refractivity (Wildman–Crippen MR) is 126 cm³/mol. The fourth-order valence-electron chi connectivity index (χ4n) is 3.18. The third-order valence-corrected chi connectivity index (χ3v) is 5.81. The highest BCUT2D eigenvalue weighted by Crippen LogP contribution is 2.29. The van der Waals surface area contributed by atoms with Crippen LogP contribution in [0.2, 0.25) is 0 Å². The van der Waals surface area contributed by atoms with Crippen LogP contribution in [-0.4, -0.2) is 28.5 Å². The smallest absolute Gasteiger partial charge is 0.277 e. The molecule has 0 aliphatic rings. The number of hydrogen-bond donors (Lipinski definition) is 1. The molecule has 0 bridgehead atoms. The topological polar surface area (TPSA) is 77.2 Å². The largest absolute Gasteiger partial charge is 0.497 e. The van der Waals surface area contributed by atoms with Crippen molar-refractivity contribution < 1.29 is 13.9 Å². The monoisotopic (exact) mass is 445 g/mol. The molecule has 1 N–H and O–H groups in total. The number of thioether (sulfide) groups is 1. The number of para-hydroxylation sites is 1. The Bertz CT molecular complexity index is 1180. The lowest BCUT2D eigenvalue weighted by Gasteiger charge is -2.14. The van der Waals surface area contributed by atoms with Crippen LogP contribution in [0.3, 0.4) is 0 Å². The Hall–Kier alpha value is -3.58. The Kier molecular flexibility index (Phi) is 6.87. The maximum absolute atomic E-state index is 12.8. The van der Waals surface area contributed by atoms with E-state index in [9.17, 15) is 4.79 Å². The van der Waals surface area contributed by atoms with Crippen LogP contribution >= 0.6 is 11.8 Å². The Balaban J connectivity index is 1.39. The molecule has 3 aromatic carbocycles. The van der Waals surface area contributed by atoms with Gasteiger partial charge in [0.25, 0.3) is 5.22 Å². The van der Waals surface area contributed by atoms with Gasteiger partial charge in [0.05, 0.1) is 18.8 Å². The normalized spacial score (nSPS) is 11.7. The Morgan fingerprint density at radius 3 is 2.47 bits per heavy atom. The third kappa shape index (κ3) is 5.36. The number of anilines is 1. The lowest BCUT2D eigenvalue weighted by atomic mass is 10.0. The van der Waals surface area contributed by atoms with Crippen LogP contribution in [0.5, 0.6) is 5.75 Å². The summed E-state index contributed by atoms with van der Waals surface area (Å²) in [6, 6.07) is 25.4. The maximum Gasteiger partial charge on any atom is 0.277 e. The molecular weight excluding hydrogens is 422 g/mol. The van der Waals surface area contributed by atoms with Crippen molar-refractivity contribution in [1.29, 1.82) is 0 Å². The highest BCUT2D eigenvalue weighted by molar-refractivity contribution is 8.00. The second-order valence-electron chi connectivity index (χ2n) is 7.15. The summed E-state index contributed by atoms with van der Waals surface area (Å²) in [4.78, 5) is 12.8. The molecule has 7 heteroatoms. The van der Waals surface area contributed by atoms with Crippen molar-refractivity contribution in [3.63, 3.8) is 0 Å². The molecule has 0 spiro atoms. The molecule has 1 heterocycles. The van der Waals surface area contributed by atoms with Gasteiger partial charge in [-0.1, -0.05) is 72.4 Å². The number of benzene rings is 3. The molecule has 6 nitrogen and oxygen atoms in total. The molecule has 0 fully saturated rings. The summed E-state index contributed by atoms with van der Waals surface area (Å²) < 4.78 is 10.9. The van der Waals surface area contributed by atoms with E-state index < -0.39 is 5.25 Å². The van der Waals surface area contributed by atoms with Gasteiger partial charge < -0.3 is 14.5 Å².